The number of thiophene rings is 1. The van der Waals surface area contributed by atoms with Crippen molar-refractivity contribution < 1.29 is 9.90 Å². The number of aliphatic hydroxyl groups is 1. The Morgan fingerprint density at radius 2 is 2.32 bits per heavy atom. The van der Waals surface area contributed by atoms with Crippen LogP contribution in [0, 0.1) is 0 Å². The fourth-order valence-corrected chi connectivity index (χ4v) is 2.94. The predicted molar refractivity (Wildman–Crippen MR) is 77.6 cm³/mol. The lowest BCUT2D eigenvalue weighted by Crippen LogP contribution is -2.46. The van der Waals surface area contributed by atoms with Gasteiger partial charge in [0.05, 0.1) is 6.61 Å². The number of carbonyl (C=O) groups is 1. The zero-order chi connectivity index (χ0) is 13.9. The highest BCUT2D eigenvalue weighted by molar-refractivity contribution is 7.10. The van der Waals surface area contributed by atoms with Crippen molar-refractivity contribution in [3.05, 3.63) is 22.4 Å². The Morgan fingerprint density at radius 3 is 2.84 bits per heavy atom. The van der Waals surface area contributed by atoms with E-state index in [1.165, 1.54) is 4.88 Å². The Morgan fingerprint density at radius 1 is 1.58 bits per heavy atom. The molecule has 1 heterocycles. The summed E-state index contributed by atoms with van der Waals surface area (Å²) in [6, 6.07) is 4.41. The van der Waals surface area contributed by atoms with Crippen LogP contribution in [-0.2, 0) is 5.41 Å². The lowest BCUT2D eigenvalue weighted by Gasteiger charge is -2.27. The molecule has 1 aromatic rings. The van der Waals surface area contributed by atoms with E-state index in [4.69, 9.17) is 5.11 Å². The van der Waals surface area contributed by atoms with E-state index in [1.54, 1.807) is 16.2 Å². The molecule has 0 saturated heterocycles. The molecule has 1 fully saturated rings. The van der Waals surface area contributed by atoms with Gasteiger partial charge >= 0.3 is 6.03 Å². The third-order valence-corrected chi connectivity index (χ3v) is 4.69. The number of hydrogen-bond donors (Lipinski definition) is 2. The van der Waals surface area contributed by atoms with Gasteiger partial charge in [-0.3, -0.25) is 0 Å². The van der Waals surface area contributed by atoms with Crippen LogP contribution in [0.25, 0.3) is 0 Å². The maximum atomic E-state index is 12.1. The third-order valence-electron chi connectivity index (χ3n) is 3.46. The molecule has 0 aliphatic heterocycles. The fraction of sp³-hybridized carbons (Fsp3) is 0.643. The van der Waals surface area contributed by atoms with Gasteiger partial charge in [-0.1, -0.05) is 19.9 Å². The number of carbonyl (C=O) groups excluding carboxylic acids is 1. The van der Waals surface area contributed by atoms with Crippen molar-refractivity contribution in [3.8, 4) is 0 Å². The summed E-state index contributed by atoms with van der Waals surface area (Å²) in [5, 5.41) is 14.1. The van der Waals surface area contributed by atoms with Crippen LogP contribution < -0.4 is 5.32 Å². The van der Waals surface area contributed by atoms with Gasteiger partial charge in [-0.15, -0.1) is 11.3 Å². The van der Waals surface area contributed by atoms with Gasteiger partial charge in [0.25, 0.3) is 0 Å². The van der Waals surface area contributed by atoms with E-state index in [9.17, 15) is 4.79 Å². The summed E-state index contributed by atoms with van der Waals surface area (Å²) in [6.07, 6.45) is 2.11. The molecule has 0 atom stereocenters. The third kappa shape index (κ3) is 3.70. The van der Waals surface area contributed by atoms with E-state index < -0.39 is 0 Å². The van der Waals surface area contributed by atoms with E-state index in [0.717, 1.165) is 12.8 Å². The van der Waals surface area contributed by atoms with Gasteiger partial charge in [0.15, 0.2) is 0 Å². The molecule has 2 N–H and O–H groups in total. The molecule has 4 nitrogen and oxygen atoms in total. The Bertz CT molecular complexity index is 413. The molecule has 0 aromatic carbocycles. The van der Waals surface area contributed by atoms with Gasteiger partial charge in [0.1, 0.15) is 0 Å². The van der Waals surface area contributed by atoms with Crippen molar-refractivity contribution in [2.75, 3.05) is 19.7 Å². The molecule has 1 aliphatic rings. The minimum atomic E-state index is -0.0573. The Labute approximate surface area is 118 Å². The Balaban J connectivity index is 1.88. The zero-order valence-corrected chi connectivity index (χ0v) is 12.4. The molecule has 2 amide bonds. The average Bonchev–Trinajstić information content (AvgIpc) is 3.05. The number of amides is 2. The molecule has 0 unspecified atom stereocenters. The van der Waals surface area contributed by atoms with E-state index in [1.807, 2.05) is 6.07 Å². The maximum Gasteiger partial charge on any atom is 0.317 e. The van der Waals surface area contributed by atoms with Crippen LogP contribution in [0.3, 0.4) is 0 Å². The van der Waals surface area contributed by atoms with Crippen molar-refractivity contribution in [1.82, 2.24) is 10.2 Å². The molecule has 19 heavy (non-hydrogen) atoms. The highest BCUT2D eigenvalue weighted by atomic mass is 32.1. The van der Waals surface area contributed by atoms with Gasteiger partial charge < -0.3 is 15.3 Å². The van der Waals surface area contributed by atoms with Gasteiger partial charge in [0.2, 0.25) is 0 Å². The molecule has 0 radical (unpaired) electrons. The van der Waals surface area contributed by atoms with Gasteiger partial charge in [0, 0.05) is 29.4 Å². The first-order valence-corrected chi connectivity index (χ1v) is 7.62. The van der Waals surface area contributed by atoms with E-state index in [0.29, 0.717) is 19.1 Å². The zero-order valence-electron chi connectivity index (χ0n) is 11.6. The number of hydrogen-bond acceptors (Lipinski definition) is 3. The molecule has 5 heteroatoms. The summed E-state index contributed by atoms with van der Waals surface area (Å²) in [4.78, 5) is 15.2. The molecule has 106 valence electrons. The second-order valence-corrected chi connectivity index (χ2v) is 6.62. The first-order chi connectivity index (χ1) is 9.04. The number of nitrogens with one attached hydrogen (secondary N) is 1. The predicted octanol–water partition coefficient (Wildman–Crippen LogP) is 2.19. The van der Waals surface area contributed by atoms with Crippen LogP contribution in [0.5, 0.6) is 0 Å². The topological polar surface area (TPSA) is 52.6 Å². The molecule has 0 bridgehead atoms. The van der Waals surface area contributed by atoms with Crippen LogP contribution in [0.2, 0.25) is 0 Å². The molecule has 2 rings (SSSR count). The number of urea groups is 1. The van der Waals surface area contributed by atoms with Crippen molar-refractivity contribution in [2.45, 2.75) is 38.1 Å². The van der Waals surface area contributed by atoms with Gasteiger partial charge in [-0.25, -0.2) is 4.79 Å². The van der Waals surface area contributed by atoms with Crippen molar-refractivity contribution in [3.63, 3.8) is 0 Å². The number of aliphatic hydroxyl groups excluding tert-OH is 1. The molecule has 0 spiro atoms. The summed E-state index contributed by atoms with van der Waals surface area (Å²) in [5.74, 6) is 0. The van der Waals surface area contributed by atoms with Gasteiger partial charge in [-0.05, 0) is 24.3 Å². The van der Waals surface area contributed by atoms with Gasteiger partial charge in [-0.2, -0.15) is 0 Å². The standard InChI is InChI=1S/C14H22N2O2S/c1-14(2,12-4-3-9-19-12)10-15-13(18)16(7-8-17)11-5-6-11/h3-4,9,11,17H,5-8,10H2,1-2H3,(H,15,18). The van der Waals surface area contributed by atoms with E-state index in [-0.39, 0.29) is 18.1 Å². The minimum Gasteiger partial charge on any atom is -0.395 e. The first-order valence-electron chi connectivity index (χ1n) is 6.74. The smallest absolute Gasteiger partial charge is 0.317 e. The normalized spacial score (nSPS) is 15.3. The lowest BCUT2D eigenvalue weighted by molar-refractivity contribution is 0.172. The fourth-order valence-electron chi connectivity index (χ4n) is 2.09. The highest BCUT2D eigenvalue weighted by Gasteiger charge is 2.33. The molecule has 1 aliphatic carbocycles. The van der Waals surface area contributed by atoms with E-state index >= 15 is 0 Å². The van der Waals surface area contributed by atoms with Crippen molar-refractivity contribution >= 4 is 17.4 Å². The maximum absolute atomic E-state index is 12.1. The summed E-state index contributed by atoms with van der Waals surface area (Å²) in [6.45, 7) is 5.33. The summed E-state index contributed by atoms with van der Waals surface area (Å²) in [5.41, 5.74) is -0.0573. The monoisotopic (exact) mass is 282 g/mol. The van der Waals surface area contributed by atoms with Crippen LogP contribution in [0.1, 0.15) is 31.6 Å². The van der Waals surface area contributed by atoms with Crippen LogP contribution >= 0.6 is 11.3 Å². The molecular formula is C14H22N2O2S. The van der Waals surface area contributed by atoms with Crippen LogP contribution in [0.15, 0.2) is 17.5 Å². The second kappa shape index (κ2) is 5.92. The minimum absolute atomic E-state index is 0.0260. The summed E-state index contributed by atoms with van der Waals surface area (Å²) < 4.78 is 0. The van der Waals surface area contributed by atoms with E-state index in [2.05, 4.69) is 30.6 Å². The average molecular weight is 282 g/mol. The summed E-state index contributed by atoms with van der Waals surface area (Å²) >= 11 is 1.71. The van der Waals surface area contributed by atoms with Crippen LogP contribution in [-0.4, -0.2) is 41.8 Å². The lowest BCUT2D eigenvalue weighted by atomic mass is 9.91. The summed E-state index contributed by atoms with van der Waals surface area (Å²) in [7, 11) is 0. The SMILES string of the molecule is CC(C)(CNC(=O)N(CCO)C1CC1)c1cccs1. The molecule has 1 aromatic heterocycles. The first kappa shape index (κ1) is 14.3. The molecular weight excluding hydrogens is 260 g/mol. The van der Waals surface area contributed by atoms with Crippen LogP contribution in [0.4, 0.5) is 4.79 Å². The van der Waals surface area contributed by atoms with Crippen molar-refractivity contribution in [2.24, 2.45) is 0 Å². The largest absolute Gasteiger partial charge is 0.395 e. The number of nitrogens with zero attached hydrogens (tertiary/aromatic N) is 1. The Hall–Kier alpha value is -1.07. The second-order valence-electron chi connectivity index (χ2n) is 5.67. The number of rotatable bonds is 6. The highest BCUT2D eigenvalue weighted by Crippen LogP contribution is 2.28. The quantitative estimate of drug-likeness (QED) is 0.840. The molecule has 1 saturated carbocycles. The Kier molecular flexibility index (Phi) is 4.47. The van der Waals surface area contributed by atoms with Crippen molar-refractivity contribution in [1.29, 1.82) is 0 Å².